The van der Waals surface area contributed by atoms with Gasteiger partial charge in [-0.3, -0.25) is 4.68 Å². The Balaban J connectivity index is 1.73. The minimum atomic E-state index is -2.52. The molecule has 8 nitrogen and oxygen atoms in total. The Bertz CT molecular complexity index is 1060. The molecule has 3 aromatic rings. The first-order valence-electron chi connectivity index (χ1n) is 9.17. The standard InChI is InChI=1S/C19H18F2N8/c20-16(21)11-29-10-14(15-3-7-25-19(27-15)24-5-1-4-22)17(28-29)13-8-12-2-6-23-18(12)26-9-13/h3,7-10,16H,1-2,5-6,11H2,(H,23,26)(H,24,25,27). The molecule has 0 aliphatic carbocycles. The minimum absolute atomic E-state index is 0.319. The van der Waals surface area contributed by atoms with Crippen LogP contribution in [0.15, 0.2) is 30.7 Å². The van der Waals surface area contributed by atoms with Gasteiger partial charge in [-0.1, -0.05) is 0 Å². The van der Waals surface area contributed by atoms with Crippen LogP contribution in [-0.4, -0.2) is 44.2 Å². The highest BCUT2D eigenvalue weighted by Gasteiger charge is 2.19. The molecule has 1 aliphatic rings. The highest BCUT2D eigenvalue weighted by atomic mass is 19.3. The van der Waals surface area contributed by atoms with Gasteiger partial charge in [0.05, 0.1) is 18.2 Å². The van der Waals surface area contributed by atoms with Crippen molar-refractivity contribution in [1.29, 1.82) is 5.26 Å². The molecule has 2 N–H and O–H groups in total. The van der Waals surface area contributed by atoms with Crippen molar-refractivity contribution in [3.05, 3.63) is 36.3 Å². The van der Waals surface area contributed by atoms with E-state index in [9.17, 15) is 8.78 Å². The number of rotatable bonds is 7. The number of nitriles is 1. The number of nitrogens with zero attached hydrogens (tertiary/aromatic N) is 6. The van der Waals surface area contributed by atoms with Gasteiger partial charge in [-0.2, -0.15) is 10.4 Å². The van der Waals surface area contributed by atoms with Crippen molar-refractivity contribution in [3.63, 3.8) is 0 Å². The summed E-state index contributed by atoms with van der Waals surface area (Å²) in [4.78, 5) is 13.0. The highest BCUT2D eigenvalue weighted by Crippen LogP contribution is 2.32. The maximum absolute atomic E-state index is 12.9. The average Bonchev–Trinajstić information content (AvgIpc) is 3.34. The monoisotopic (exact) mass is 396 g/mol. The molecule has 0 unspecified atom stereocenters. The molecule has 0 amide bonds. The van der Waals surface area contributed by atoms with Crippen molar-refractivity contribution in [2.24, 2.45) is 0 Å². The van der Waals surface area contributed by atoms with E-state index in [1.807, 2.05) is 12.1 Å². The Morgan fingerprint density at radius 3 is 3.07 bits per heavy atom. The Morgan fingerprint density at radius 2 is 2.24 bits per heavy atom. The molecule has 0 saturated carbocycles. The summed E-state index contributed by atoms with van der Waals surface area (Å²) in [5.41, 5.74) is 3.51. The fraction of sp³-hybridized carbons (Fsp3) is 0.316. The highest BCUT2D eigenvalue weighted by molar-refractivity contribution is 5.79. The fourth-order valence-corrected chi connectivity index (χ4v) is 3.19. The van der Waals surface area contributed by atoms with Gasteiger partial charge in [0, 0.05) is 42.8 Å². The van der Waals surface area contributed by atoms with Crippen LogP contribution in [0.1, 0.15) is 12.0 Å². The number of aromatic nitrogens is 5. The molecule has 0 radical (unpaired) electrons. The summed E-state index contributed by atoms with van der Waals surface area (Å²) >= 11 is 0. The largest absolute Gasteiger partial charge is 0.370 e. The lowest BCUT2D eigenvalue weighted by Gasteiger charge is -2.06. The van der Waals surface area contributed by atoms with Gasteiger partial charge in [0.2, 0.25) is 5.95 Å². The van der Waals surface area contributed by atoms with Gasteiger partial charge >= 0.3 is 0 Å². The topological polar surface area (TPSA) is 104 Å². The van der Waals surface area contributed by atoms with E-state index < -0.39 is 13.0 Å². The Kier molecular flexibility index (Phi) is 5.29. The molecule has 0 fully saturated rings. The molecule has 4 rings (SSSR count). The van der Waals surface area contributed by atoms with Crippen LogP contribution in [-0.2, 0) is 13.0 Å². The van der Waals surface area contributed by atoms with E-state index in [4.69, 9.17) is 5.26 Å². The van der Waals surface area contributed by atoms with Crippen molar-refractivity contribution in [3.8, 4) is 28.6 Å². The SMILES string of the molecule is N#CCCNc1nccc(-c2cn(CC(F)F)nc2-c2cnc3c(c2)CCN3)n1. The van der Waals surface area contributed by atoms with Crippen LogP contribution < -0.4 is 10.6 Å². The molecular formula is C19H18F2N8. The second kappa shape index (κ2) is 8.18. The lowest BCUT2D eigenvalue weighted by atomic mass is 10.1. The second-order valence-corrected chi connectivity index (χ2v) is 6.51. The molecule has 0 spiro atoms. The number of hydrogen-bond acceptors (Lipinski definition) is 7. The number of anilines is 2. The van der Waals surface area contributed by atoms with Crippen molar-refractivity contribution in [2.75, 3.05) is 23.7 Å². The summed E-state index contributed by atoms with van der Waals surface area (Å²) in [7, 11) is 0. The number of nitrogens with one attached hydrogen (secondary N) is 2. The normalized spacial score (nSPS) is 12.5. The van der Waals surface area contributed by atoms with Crippen molar-refractivity contribution in [1.82, 2.24) is 24.7 Å². The third-order valence-corrected chi connectivity index (χ3v) is 4.47. The van der Waals surface area contributed by atoms with Crippen molar-refractivity contribution < 1.29 is 8.78 Å². The molecule has 0 bridgehead atoms. The first-order chi connectivity index (χ1) is 14.1. The van der Waals surface area contributed by atoms with Gasteiger partial charge in [-0.15, -0.1) is 0 Å². The molecule has 0 atom stereocenters. The second-order valence-electron chi connectivity index (χ2n) is 6.51. The minimum Gasteiger partial charge on any atom is -0.370 e. The van der Waals surface area contributed by atoms with Gasteiger partial charge in [-0.25, -0.2) is 23.7 Å². The van der Waals surface area contributed by atoms with E-state index in [1.165, 1.54) is 4.68 Å². The lowest BCUT2D eigenvalue weighted by Crippen LogP contribution is -2.06. The van der Waals surface area contributed by atoms with E-state index in [1.54, 1.807) is 24.7 Å². The van der Waals surface area contributed by atoms with E-state index >= 15 is 0 Å². The number of halogens is 2. The summed E-state index contributed by atoms with van der Waals surface area (Å²) in [5, 5.41) is 19.2. The van der Waals surface area contributed by atoms with E-state index in [-0.39, 0.29) is 0 Å². The lowest BCUT2D eigenvalue weighted by molar-refractivity contribution is 0.122. The Labute approximate surface area is 165 Å². The zero-order valence-corrected chi connectivity index (χ0v) is 15.4. The molecule has 1 aliphatic heterocycles. The number of fused-ring (bicyclic) bond motifs is 1. The van der Waals surface area contributed by atoms with E-state index in [0.717, 1.165) is 29.9 Å². The van der Waals surface area contributed by atoms with Crippen LogP contribution in [0.25, 0.3) is 22.5 Å². The van der Waals surface area contributed by atoms with Gasteiger partial charge in [0.25, 0.3) is 6.43 Å². The quantitative estimate of drug-likeness (QED) is 0.592. The predicted octanol–water partition coefficient (Wildman–Crippen LogP) is 2.96. The average molecular weight is 396 g/mol. The zero-order chi connectivity index (χ0) is 20.2. The molecule has 10 heteroatoms. The summed E-state index contributed by atoms with van der Waals surface area (Å²) in [6, 6.07) is 5.72. The molecule has 0 aromatic carbocycles. The molecule has 3 aromatic heterocycles. The molecule has 0 saturated heterocycles. The summed E-state index contributed by atoms with van der Waals surface area (Å²) in [5.74, 6) is 1.20. The first kappa shape index (κ1) is 18.7. The van der Waals surface area contributed by atoms with Gasteiger partial charge in [0.15, 0.2) is 0 Å². The maximum Gasteiger partial charge on any atom is 0.257 e. The van der Waals surface area contributed by atoms with Gasteiger partial charge in [0.1, 0.15) is 18.1 Å². The van der Waals surface area contributed by atoms with Crippen LogP contribution in [0.3, 0.4) is 0 Å². The molecule has 148 valence electrons. The maximum atomic E-state index is 12.9. The Hall–Kier alpha value is -3.61. The smallest absolute Gasteiger partial charge is 0.257 e. The molecule has 4 heterocycles. The Morgan fingerprint density at radius 1 is 1.34 bits per heavy atom. The van der Waals surface area contributed by atoms with Gasteiger partial charge < -0.3 is 10.6 Å². The number of pyridine rings is 1. The van der Waals surface area contributed by atoms with Crippen LogP contribution in [0, 0.1) is 11.3 Å². The predicted molar refractivity (Wildman–Crippen MR) is 103 cm³/mol. The van der Waals surface area contributed by atoms with Crippen molar-refractivity contribution in [2.45, 2.75) is 25.8 Å². The van der Waals surface area contributed by atoms with Crippen LogP contribution in [0.5, 0.6) is 0 Å². The summed E-state index contributed by atoms with van der Waals surface area (Å²) in [6.07, 6.45) is 3.48. The van der Waals surface area contributed by atoms with Crippen LogP contribution in [0.4, 0.5) is 20.5 Å². The third kappa shape index (κ3) is 4.13. The number of hydrogen-bond donors (Lipinski definition) is 2. The van der Waals surface area contributed by atoms with Crippen LogP contribution in [0.2, 0.25) is 0 Å². The summed E-state index contributed by atoms with van der Waals surface area (Å²) in [6.45, 7) is 0.729. The fourth-order valence-electron chi connectivity index (χ4n) is 3.19. The first-order valence-corrected chi connectivity index (χ1v) is 9.17. The summed E-state index contributed by atoms with van der Waals surface area (Å²) < 4.78 is 27.1. The van der Waals surface area contributed by atoms with Crippen molar-refractivity contribution >= 4 is 11.8 Å². The van der Waals surface area contributed by atoms with E-state index in [0.29, 0.717) is 35.9 Å². The zero-order valence-electron chi connectivity index (χ0n) is 15.4. The van der Waals surface area contributed by atoms with E-state index in [2.05, 4.69) is 30.7 Å². The van der Waals surface area contributed by atoms with Crippen LogP contribution >= 0.6 is 0 Å². The molecule has 29 heavy (non-hydrogen) atoms. The van der Waals surface area contributed by atoms with Gasteiger partial charge in [-0.05, 0) is 24.1 Å². The number of alkyl halides is 2. The third-order valence-electron chi connectivity index (χ3n) is 4.47. The molecular weight excluding hydrogens is 378 g/mol.